The number of rotatable bonds is 3. The fourth-order valence-corrected chi connectivity index (χ4v) is 2.50. The summed E-state index contributed by atoms with van der Waals surface area (Å²) in [5, 5.41) is 0.597. The molecule has 1 aromatic carbocycles. The molecule has 2 heterocycles. The molecule has 0 saturated carbocycles. The first kappa shape index (κ1) is 14.3. The molecule has 1 amide bonds. The Morgan fingerprint density at radius 2 is 1.82 bits per heavy atom. The molecule has 3 aromatic rings. The Hall–Kier alpha value is -2.63. The maximum Gasteiger partial charge on any atom is 0.307 e. The molecule has 0 unspecified atom stereocenters. The van der Waals surface area contributed by atoms with Crippen LogP contribution in [0.4, 0.5) is 0 Å². The Bertz CT molecular complexity index is 869. The molecule has 3 rings (SSSR count). The molecule has 0 spiro atoms. The van der Waals surface area contributed by atoms with Gasteiger partial charge in [-0.2, -0.15) is 0 Å². The summed E-state index contributed by atoms with van der Waals surface area (Å²) in [6.07, 6.45) is 1.73. The zero-order valence-corrected chi connectivity index (χ0v) is 12.2. The van der Waals surface area contributed by atoms with Crippen molar-refractivity contribution in [3.05, 3.63) is 65.4 Å². The standard InChI is InChI=1S/C16H12ClN3O2/c17-11-6-4-10(5-7-11)13-9-12-3-1-2-8-20(12)14(13)15(21)16(22)19-18/h1-9H,18H2,(H,19,22). The Labute approximate surface area is 131 Å². The minimum Gasteiger partial charge on any atom is -0.313 e. The van der Waals surface area contributed by atoms with Crippen molar-refractivity contribution >= 4 is 28.8 Å². The lowest BCUT2D eigenvalue weighted by molar-refractivity contribution is -0.117. The van der Waals surface area contributed by atoms with E-state index < -0.39 is 11.7 Å². The molecule has 22 heavy (non-hydrogen) atoms. The van der Waals surface area contributed by atoms with Gasteiger partial charge in [0.15, 0.2) is 0 Å². The SMILES string of the molecule is NNC(=O)C(=O)c1c(-c2ccc(Cl)cc2)cc2ccccn12. The summed E-state index contributed by atoms with van der Waals surface area (Å²) in [5.41, 5.74) is 4.40. The number of hydrogen-bond acceptors (Lipinski definition) is 3. The fourth-order valence-electron chi connectivity index (χ4n) is 2.38. The van der Waals surface area contributed by atoms with E-state index in [1.165, 1.54) is 0 Å². The van der Waals surface area contributed by atoms with Crippen LogP contribution in [0, 0.1) is 0 Å². The first-order chi connectivity index (χ1) is 10.6. The van der Waals surface area contributed by atoms with Gasteiger partial charge >= 0.3 is 5.91 Å². The molecule has 0 atom stereocenters. The van der Waals surface area contributed by atoms with Gasteiger partial charge in [0, 0.05) is 22.3 Å². The minimum absolute atomic E-state index is 0.265. The molecular weight excluding hydrogens is 302 g/mol. The molecule has 2 aromatic heterocycles. The number of nitrogens with two attached hydrogens (primary N) is 1. The first-order valence-corrected chi connectivity index (χ1v) is 6.91. The second kappa shape index (κ2) is 5.63. The number of halogens is 1. The summed E-state index contributed by atoms with van der Waals surface area (Å²) in [5.74, 6) is 3.53. The van der Waals surface area contributed by atoms with Crippen LogP contribution in [0.3, 0.4) is 0 Å². The van der Waals surface area contributed by atoms with Crippen LogP contribution < -0.4 is 11.3 Å². The van der Waals surface area contributed by atoms with Crippen molar-refractivity contribution in [2.75, 3.05) is 0 Å². The smallest absolute Gasteiger partial charge is 0.307 e. The minimum atomic E-state index is -0.862. The van der Waals surface area contributed by atoms with Crippen LogP contribution in [0.2, 0.25) is 5.02 Å². The second-order valence-corrected chi connectivity index (χ2v) is 5.15. The van der Waals surface area contributed by atoms with E-state index in [9.17, 15) is 9.59 Å². The van der Waals surface area contributed by atoms with Crippen LogP contribution in [-0.4, -0.2) is 16.1 Å². The van der Waals surface area contributed by atoms with E-state index in [4.69, 9.17) is 17.4 Å². The number of nitrogens with zero attached hydrogens (tertiary/aromatic N) is 1. The van der Waals surface area contributed by atoms with Gasteiger partial charge in [-0.1, -0.05) is 29.8 Å². The number of nitrogens with one attached hydrogen (secondary N) is 1. The predicted octanol–water partition coefficient (Wildman–Crippen LogP) is 2.43. The van der Waals surface area contributed by atoms with Crippen LogP contribution >= 0.6 is 11.6 Å². The number of carbonyl (C=O) groups is 2. The average molecular weight is 314 g/mol. The average Bonchev–Trinajstić information content (AvgIpc) is 2.93. The molecule has 0 aliphatic heterocycles. The Morgan fingerprint density at radius 3 is 2.50 bits per heavy atom. The van der Waals surface area contributed by atoms with E-state index >= 15 is 0 Å². The molecule has 0 aliphatic carbocycles. The summed E-state index contributed by atoms with van der Waals surface area (Å²) >= 11 is 5.90. The normalized spacial score (nSPS) is 10.6. The van der Waals surface area contributed by atoms with E-state index in [1.54, 1.807) is 40.9 Å². The molecule has 0 saturated heterocycles. The highest BCUT2D eigenvalue weighted by Crippen LogP contribution is 2.29. The van der Waals surface area contributed by atoms with Gasteiger partial charge in [-0.25, -0.2) is 5.84 Å². The maximum atomic E-state index is 12.4. The third-order valence-corrected chi connectivity index (χ3v) is 3.64. The van der Waals surface area contributed by atoms with Crippen LogP contribution in [-0.2, 0) is 4.79 Å². The number of benzene rings is 1. The van der Waals surface area contributed by atoms with Crippen molar-refractivity contribution < 1.29 is 9.59 Å². The number of pyridine rings is 1. The van der Waals surface area contributed by atoms with E-state index in [1.807, 2.05) is 23.6 Å². The lowest BCUT2D eigenvalue weighted by Gasteiger charge is -2.05. The lowest BCUT2D eigenvalue weighted by atomic mass is 10.0. The number of fused-ring (bicyclic) bond motifs is 1. The molecule has 0 radical (unpaired) electrons. The quantitative estimate of drug-likeness (QED) is 0.256. The van der Waals surface area contributed by atoms with E-state index in [2.05, 4.69) is 0 Å². The third-order valence-electron chi connectivity index (χ3n) is 3.39. The zero-order chi connectivity index (χ0) is 15.7. The van der Waals surface area contributed by atoms with Crippen molar-refractivity contribution in [3.63, 3.8) is 0 Å². The zero-order valence-electron chi connectivity index (χ0n) is 11.4. The number of amides is 1. The molecule has 0 bridgehead atoms. The van der Waals surface area contributed by atoms with Crippen LogP contribution in [0.25, 0.3) is 16.6 Å². The van der Waals surface area contributed by atoms with Gasteiger partial charge in [0.1, 0.15) is 5.69 Å². The molecule has 6 heteroatoms. The second-order valence-electron chi connectivity index (χ2n) is 4.71. The third kappa shape index (κ3) is 2.36. The van der Waals surface area contributed by atoms with Crippen molar-refractivity contribution in [3.8, 4) is 11.1 Å². The van der Waals surface area contributed by atoms with Gasteiger partial charge in [-0.05, 0) is 35.9 Å². The Balaban J connectivity index is 2.27. The van der Waals surface area contributed by atoms with Crippen LogP contribution in [0.5, 0.6) is 0 Å². The highest BCUT2D eigenvalue weighted by atomic mass is 35.5. The van der Waals surface area contributed by atoms with E-state index in [0.717, 1.165) is 11.1 Å². The molecule has 0 fully saturated rings. The van der Waals surface area contributed by atoms with Gasteiger partial charge in [0.25, 0.3) is 5.78 Å². The summed E-state index contributed by atoms with van der Waals surface area (Å²) in [7, 11) is 0. The summed E-state index contributed by atoms with van der Waals surface area (Å²) < 4.78 is 1.67. The molecule has 0 aliphatic rings. The Kier molecular flexibility index (Phi) is 3.66. The molecule has 5 nitrogen and oxygen atoms in total. The number of ketones is 1. The van der Waals surface area contributed by atoms with Crippen molar-refractivity contribution in [2.24, 2.45) is 5.84 Å². The van der Waals surface area contributed by atoms with Gasteiger partial charge in [-0.3, -0.25) is 15.0 Å². The van der Waals surface area contributed by atoms with Crippen molar-refractivity contribution in [1.29, 1.82) is 0 Å². The maximum absolute atomic E-state index is 12.4. The number of aromatic nitrogens is 1. The highest BCUT2D eigenvalue weighted by Gasteiger charge is 2.23. The molecule has 3 N–H and O–H groups in total. The fraction of sp³-hybridized carbons (Fsp3) is 0. The Morgan fingerprint density at radius 1 is 1.09 bits per heavy atom. The summed E-state index contributed by atoms with van der Waals surface area (Å²) in [6.45, 7) is 0. The van der Waals surface area contributed by atoms with Crippen LogP contribution in [0.15, 0.2) is 54.7 Å². The molecular formula is C16H12ClN3O2. The van der Waals surface area contributed by atoms with Gasteiger partial charge in [0.2, 0.25) is 0 Å². The number of hydrogen-bond donors (Lipinski definition) is 2. The highest BCUT2D eigenvalue weighted by molar-refractivity contribution is 6.43. The van der Waals surface area contributed by atoms with Crippen molar-refractivity contribution in [2.45, 2.75) is 0 Å². The van der Waals surface area contributed by atoms with Crippen molar-refractivity contribution in [1.82, 2.24) is 9.83 Å². The topological polar surface area (TPSA) is 76.6 Å². The van der Waals surface area contributed by atoms with E-state index in [0.29, 0.717) is 10.6 Å². The monoisotopic (exact) mass is 313 g/mol. The number of hydrazine groups is 1. The van der Waals surface area contributed by atoms with E-state index in [-0.39, 0.29) is 5.69 Å². The number of carbonyl (C=O) groups excluding carboxylic acids is 2. The van der Waals surface area contributed by atoms with Gasteiger partial charge in [0.05, 0.1) is 0 Å². The largest absolute Gasteiger partial charge is 0.313 e. The predicted molar refractivity (Wildman–Crippen MR) is 84.5 cm³/mol. The summed E-state index contributed by atoms with van der Waals surface area (Å²) in [6, 6.07) is 14.4. The van der Waals surface area contributed by atoms with Gasteiger partial charge < -0.3 is 4.40 Å². The number of Topliss-reactive ketones (excluding diaryl/α,β-unsaturated/α-hetero) is 1. The van der Waals surface area contributed by atoms with Gasteiger partial charge in [-0.15, -0.1) is 0 Å². The molecule has 110 valence electrons. The first-order valence-electron chi connectivity index (χ1n) is 6.53. The summed E-state index contributed by atoms with van der Waals surface area (Å²) in [4.78, 5) is 24.0. The van der Waals surface area contributed by atoms with Crippen LogP contribution in [0.1, 0.15) is 10.5 Å². The lowest BCUT2D eigenvalue weighted by Crippen LogP contribution is -2.36.